The Morgan fingerprint density at radius 1 is 1.00 bits per heavy atom. The van der Waals surface area contributed by atoms with Crippen molar-refractivity contribution in [3.05, 3.63) is 62.0 Å². The molecule has 0 aliphatic rings. The quantitative estimate of drug-likeness (QED) is 0.501. The summed E-state index contributed by atoms with van der Waals surface area (Å²) in [5, 5.41) is 0. The third kappa shape index (κ3) is 3.23. The largest absolute Gasteiger partial charge is 0.496 e. The van der Waals surface area contributed by atoms with E-state index >= 15 is 0 Å². The zero-order valence-corrected chi connectivity index (χ0v) is 15.0. The van der Waals surface area contributed by atoms with Gasteiger partial charge in [-0.15, -0.1) is 0 Å². The molecule has 20 heavy (non-hydrogen) atoms. The summed E-state index contributed by atoms with van der Waals surface area (Å²) in [5.41, 5.74) is 1.09. The van der Waals surface area contributed by atoms with E-state index in [1.165, 1.54) is 19.2 Å². The molecule has 0 amide bonds. The van der Waals surface area contributed by atoms with Crippen LogP contribution in [0.2, 0.25) is 0 Å². The van der Waals surface area contributed by atoms with Gasteiger partial charge in [-0.1, -0.05) is 37.9 Å². The average molecular weight is 471 g/mol. The Labute approximate surface area is 140 Å². The van der Waals surface area contributed by atoms with E-state index in [9.17, 15) is 8.78 Å². The molecule has 0 fully saturated rings. The maximum absolute atomic E-state index is 14.0. The molecular weight excluding hydrogens is 462 g/mol. The highest BCUT2D eigenvalue weighted by Gasteiger charge is 2.20. The van der Waals surface area contributed by atoms with Gasteiger partial charge in [0, 0.05) is 21.7 Å². The van der Waals surface area contributed by atoms with E-state index in [0.717, 1.165) is 0 Å². The highest BCUT2D eigenvalue weighted by molar-refractivity contribution is 9.10. The van der Waals surface area contributed by atoms with Gasteiger partial charge in [-0.25, -0.2) is 8.78 Å². The van der Waals surface area contributed by atoms with Crippen molar-refractivity contribution in [3.8, 4) is 5.75 Å². The lowest BCUT2D eigenvalue weighted by atomic mass is 10.0. The highest BCUT2D eigenvalue weighted by Crippen LogP contribution is 2.40. The number of benzene rings is 2. The molecular formula is C14H9Br3F2O. The first-order chi connectivity index (χ1) is 9.43. The van der Waals surface area contributed by atoms with Gasteiger partial charge < -0.3 is 4.74 Å². The van der Waals surface area contributed by atoms with E-state index in [2.05, 4.69) is 47.8 Å². The number of hydrogen-bond donors (Lipinski definition) is 0. The van der Waals surface area contributed by atoms with Crippen LogP contribution in [0.5, 0.6) is 5.75 Å². The maximum atomic E-state index is 14.0. The van der Waals surface area contributed by atoms with Crippen LogP contribution in [-0.2, 0) is 0 Å². The van der Waals surface area contributed by atoms with Crippen LogP contribution in [-0.4, -0.2) is 7.11 Å². The first kappa shape index (κ1) is 15.9. The predicted octanol–water partition coefficient (Wildman–Crippen LogP) is 5.98. The van der Waals surface area contributed by atoms with Crippen molar-refractivity contribution in [1.29, 1.82) is 0 Å². The van der Waals surface area contributed by atoms with Gasteiger partial charge in [0.05, 0.1) is 16.4 Å². The zero-order valence-electron chi connectivity index (χ0n) is 10.3. The smallest absolute Gasteiger partial charge is 0.141 e. The molecule has 0 saturated carbocycles. The first-order valence-corrected chi connectivity index (χ1v) is 8.06. The summed E-state index contributed by atoms with van der Waals surface area (Å²) in [4.78, 5) is -0.442. The summed E-state index contributed by atoms with van der Waals surface area (Å²) in [6.07, 6.45) is 0. The van der Waals surface area contributed by atoms with Gasteiger partial charge in [0.15, 0.2) is 0 Å². The molecule has 1 nitrogen and oxygen atoms in total. The fourth-order valence-corrected chi connectivity index (χ4v) is 3.22. The van der Waals surface area contributed by atoms with E-state index in [0.29, 0.717) is 25.8 Å². The van der Waals surface area contributed by atoms with Crippen molar-refractivity contribution >= 4 is 47.8 Å². The predicted molar refractivity (Wildman–Crippen MR) is 85.5 cm³/mol. The molecule has 0 aliphatic carbocycles. The SMILES string of the molecule is COc1cc(F)c(Br)cc1C(Br)c1ccc(Br)cc1F. The first-order valence-electron chi connectivity index (χ1n) is 5.56. The van der Waals surface area contributed by atoms with Crippen LogP contribution < -0.4 is 4.74 Å². The fraction of sp³-hybridized carbons (Fsp3) is 0.143. The van der Waals surface area contributed by atoms with E-state index in [4.69, 9.17) is 4.74 Å². The number of halogens is 5. The van der Waals surface area contributed by atoms with Gasteiger partial charge in [0.1, 0.15) is 17.4 Å². The molecule has 106 valence electrons. The second kappa shape index (κ2) is 6.54. The molecule has 2 rings (SSSR count). The number of hydrogen-bond acceptors (Lipinski definition) is 1. The molecule has 1 atom stereocenters. The summed E-state index contributed by atoms with van der Waals surface area (Å²) >= 11 is 9.78. The van der Waals surface area contributed by atoms with Crippen LogP contribution in [0.3, 0.4) is 0 Å². The molecule has 1 unspecified atom stereocenters. The molecule has 0 aliphatic heterocycles. The van der Waals surface area contributed by atoms with Crippen molar-refractivity contribution in [1.82, 2.24) is 0 Å². The van der Waals surface area contributed by atoms with Crippen LogP contribution in [0, 0.1) is 11.6 Å². The van der Waals surface area contributed by atoms with Gasteiger partial charge in [-0.3, -0.25) is 0 Å². The average Bonchev–Trinajstić information content (AvgIpc) is 2.40. The third-order valence-electron chi connectivity index (χ3n) is 2.78. The van der Waals surface area contributed by atoms with Crippen LogP contribution in [0.25, 0.3) is 0 Å². The summed E-state index contributed by atoms with van der Waals surface area (Å²) < 4.78 is 33.7. The number of rotatable bonds is 3. The second-order valence-corrected chi connectivity index (χ2v) is 6.72. The van der Waals surface area contributed by atoms with Crippen molar-refractivity contribution < 1.29 is 13.5 Å². The van der Waals surface area contributed by atoms with Crippen molar-refractivity contribution in [2.24, 2.45) is 0 Å². The molecule has 0 N–H and O–H groups in total. The van der Waals surface area contributed by atoms with Gasteiger partial charge in [-0.2, -0.15) is 0 Å². The van der Waals surface area contributed by atoms with Crippen molar-refractivity contribution in [2.45, 2.75) is 4.83 Å². The van der Waals surface area contributed by atoms with Crippen LogP contribution in [0.1, 0.15) is 16.0 Å². The van der Waals surface area contributed by atoms with E-state index in [1.807, 2.05) is 0 Å². The van der Waals surface area contributed by atoms with Crippen molar-refractivity contribution in [3.63, 3.8) is 0 Å². The van der Waals surface area contributed by atoms with Crippen molar-refractivity contribution in [2.75, 3.05) is 7.11 Å². The lowest BCUT2D eigenvalue weighted by Crippen LogP contribution is -2.01. The second-order valence-electron chi connectivity index (χ2n) is 4.04. The lowest BCUT2D eigenvalue weighted by molar-refractivity contribution is 0.406. The minimum Gasteiger partial charge on any atom is -0.496 e. The zero-order chi connectivity index (χ0) is 14.9. The normalized spacial score (nSPS) is 12.3. The molecule has 0 spiro atoms. The molecule has 2 aromatic rings. The standard InChI is InChI=1S/C14H9Br3F2O/c1-20-13-6-12(19)10(16)5-9(13)14(17)8-3-2-7(15)4-11(8)18/h2-6,14H,1H3. The minimum atomic E-state index is -0.442. The Morgan fingerprint density at radius 3 is 2.30 bits per heavy atom. The number of alkyl halides is 1. The third-order valence-corrected chi connectivity index (χ3v) is 4.87. The Balaban J connectivity index is 2.52. The van der Waals surface area contributed by atoms with Crippen LogP contribution in [0.15, 0.2) is 39.3 Å². The van der Waals surface area contributed by atoms with Crippen LogP contribution >= 0.6 is 47.8 Å². The van der Waals surface area contributed by atoms with Gasteiger partial charge >= 0.3 is 0 Å². The molecule has 0 heterocycles. The van der Waals surface area contributed by atoms with Gasteiger partial charge in [0.2, 0.25) is 0 Å². The maximum Gasteiger partial charge on any atom is 0.141 e. The molecule has 0 aromatic heterocycles. The Hall–Kier alpha value is -0.460. The topological polar surface area (TPSA) is 9.23 Å². The molecule has 6 heteroatoms. The Morgan fingerprint density at radius 2 is 1.70 bits per heavy atom. The lowest BCUT2D eigenvalue weighted by Gasteiger charge is -2.16. The number of methoxy groups -OCH3 is 1. The number of ether oxygens (including phenoxy) is 1. The minimum absolute atomic E-state index is 0.301. The Kier molecular flexibility index (Phi) is 5.20. The van der Waals surface area contributed by atoms with Crippen LogP contribution in [0.4, 0.5) is 8.78 Å². The molecule has 2 aromatic carbocycles. The highest BCUT2D eigenvalue weighted by atomic mass is 79.9. The summed E-state index contributed by atoms with van der Waals surface area (Å²) in [6, 6.07) is 7.64. The van der Waals surface area contributed by atoms with E-state index < -0.39 is 10.6 Å². The summed E-state index contributed by atoms with van der Waals surface area (Å²) in [5.74, 6) is -0.430. The Bertz CT molecular complexity index is 647. The fourth-order valence-electron chi connectivity index (χ4n) is 1.79. The van der Waals surface area contributed by atoms with E-state index in [-0.39, 0.29) is 5.82 Å². The van der Waals surface area contributed by atoms with Gasteiger partial charge in [0.25, 0.3) is 0 Å². The van der Waals surface area contributed by atoms with E-state index in [1.54, 1.807) is 18.2 Å². The molecule has 0 saturated heterocycles. The summed E-state index contributed by atoms with van der Waals surface area (Å²) in [6.45, 7) is 0. The summed E-state index contributed by atoms with van der Waals surface area (Å²) in [7, 11) is 1.45. The monoisotopic (exact) mass is 468 g/mol. The van der Waals surface area contributed by atoms with Gasteiger partial charge in [-0.05, 0) is 34.1 Å². The molecule has 0 bridgehead atoms. The molecule has 0 radical (unpaired) electrons.